The highest BCUT2D eigenvalue weighted by atomic mass is 32.1. The molecule has 0 radical (unpaired) electrons. The number of aryl methyl sites for hydroxylation is 1. The van der Waals surface area contributed by atoms with Crippen LogP contribution in [0.5, 0.6) is 0 Å². The first kappa shape index (κ1) is 15.6. The van der Waals surface area contributed by atoms with E-state index in [0.29, 0.717) is 0 Å². The summed E-state index contributed by atoms with van der Waals surface area (Å²) in [5, 5.41) is 5.99. The van der Waals surface area contributed by atoms with E-state index in [0.717, 1.165) is 42.6 Å². The van der Waals surface area contributed by atoms with Crippen LogP contribution in [0, 0.1) is 6.92 Å². The Morgan fingerprint density at radius 2 is 2.09 bits per heavy atom. The molecule has 1 fully saturated rings. The summed E-state index contributed by atoms with van der Waals surface area (Å²) in [4.78, 5) is 27.0. The fourth-order valence-corrected chi connectivity index (χ4v) is 3.13. The molecule has 0 aliphatic carbocycles. The summed E-state index contributed by atoms with van der Waals surface area (Å²) in [6, 6.07) is 2.01. The largest absolute Gasteiger partial charge is 0.350 e. The third-order valence-corrected chi connectivity index (χ3v) is 4.51. The quantitative estimate of drug-likeness (QED) is 0.869. The highest BCUT2D eigenvalue weighted by Crippen LogP contribution is 2.15. The highest BCUT2D eigenvalue weighted by Gasteiger charge is 2.21. The van der Waals surface area contributed by atoms with Crippen molar-refractivity contribution >= 4 is 29.3 Å². The van der Waals surface area contributed by atoms with Crippen molar-refractivity contribution in [3.8, 4) is 0 Å². The molecule has 0 spiro atoms. The minimum atomic E-state index is -0.0648. The van der Waals surface area contributed by atoms with Crippen molar-refractivity contribution < 1.29 is 4.79 Å². The van der Waals surface area contributed by atoms with Crippen molar-refractivity contribution in [3.05, 3.63) is 40.6 Å². The maximum atomic E-state index is 12.0. The second kappa shape index (κ2) is 7.32. The fraction of sp³-hybridized carbons (Fsp3) is 0.375. The van der Waals surface area contributed by atoms with Gasteiger partial charge in [0.1, 0.15) is 0 Å². The number of nitrogens with one attached hydrogen (secondary N) is 1. The van der Waals surface area contributed by atoms with Gasteiger partial charge in [0.05, 0.1) is 10.7 Å². The predicted octanol–water partition coefficient (Wildman–Crippen LogP) is 2.04. The summed E-state index contributed by atoms with van der Waals surface area (Å²) in [6.07, 6.45) is 8.61. The average molecular weight is 329 g/mol. The molecule has 0 aromatic carbocycles. The number of anilines is 1. The first-order valence-corrected chi connectivity index (χ1v) is 8.51. The van der Waals surface area contributed by atoms with Gasteiger partial charge in [-0.25, -0.2) is 15.0 Å². The Labute approximate surface area is 139 Å². The second-order valence-electron chi connectivity index (χ2n) is 5.44. The van der Waals surface area contributed by atoms with Crippen LogP contribution in [-0.4, -0.2) is 40.0 Å². The zero-order valence-corrected chi connectivity index (χ0v) is 13.8. The number of piperidine rings is 1. The SMILES string of the molecule is Cc1nc(C=CC(=O)NC2CCN(c3ncccn3)CC2)cs1. The highest BCUT2D eigenvalue weighted by molar-refractivity contribution is 7.09. The molecule has 3 heterocycles. The van der Waals surface area contributed by atoms with Gasteiger partial charge in [0.25, 0.3) is 0 Å². The molecule has 6 nitrogen and oxygen atoms in total. The number of rotatable bonds is 4. The number of carbonyl (C=O) groups excluding carboxylic acids is 1. The monoisotopic (exact) mass is 329 g/mol. The van der Waals surface area contributed by atoms with Gasteiger partial charge in [0, 0.05) is 43.0 Å². The number of hydrogen-bond donors (Lipinski definition) is 1. The second-order valence-corrected chi connectivity index (χ2v) is 6.51. The topological polar surface area (TPSA) is 71.0 Å². The molecular weight excluding hydrogens is 310 g/mol. The van der Waals surface area contributed by atoms with E-state index in [1.54, 1.807) is 35.9 Å². The van der Waals surface area contributed by atoms with Crippen molar-refractivity contribution in [2.75, 3.05) is 18.0 Å². The van der Waals surface area contributed by atoms with E-state index < -0.39 is 0 Å². The standard InChI is InChI=1S/C16H19N5OS/c1-12-19-14(11-23-12)3-4-15(22)20-13-5-9-21(10-6-13)16-17-7-2-8-18-16/h2-4,7-8,11,13H,5-6,9-10H2,1H3,(H,20,22). The molecule has 0 unspecified atom stereocenters. The maximum absolute atomic E-state index is 12.0. The minimum Gasteiger partial charge on any atom is -0.350 e. The lowest BCUT2D eigenvalue weighted by Gasteiger charge is -2.32. The Morgan fingerprint density at radius 3 is 2.74 bits per heavy atom. The Kier molecular flexibility index (Phi) is 4.97. The molecule has 1 saturated heterocycles. The lowest BCUT2D eigenvalue weighted by molar-refractivity contribution is -0.117. The normalized spacial score (nSPS) is 16.0. The number of nitrogens with zero attached hydrogens (tertiary/aromatic N) is 4. The van der Waals surface area contributed by atoms with E-state index >= 15 is 0 Å². The molecule has 1 amide bonds. The van der Waals surface area contributed by atoms with Crippen molar-refractivity contribution in [3.63, 3.8) is 0 Å². The molecule has 1 N–H and O–H groups in total. The average Bonchev–Trinajstić information content (AvgIpc) is 3.00. The van der Waals surface area contributed by atoms with Crippen molar-refractivity contribution in [1.82, 2.24) is 20.3 Å². The van der Waals surface area contributed by atoms with Crippen molar-refractivity contribution in [2.45, 2.75) is 25.8 Å². The molecule has 1 aliphatic heterocycles. The summed E-state index contributed by atoms with van der Waals surface area (Å²) in [7, 11) is 0. The number of carbonyl (C=O) groups is 1. The van der Waals surface area contributed by atoms with E-state index in [2.05, 4.69) is 25.2 Å². The van der Waals surface area contributed by atoms with E-state index in [1.165, 1.54) is 0 Å². The molecule has 3 rings (SSSR count). The van der Waals surface area contributed by atoms with Gasteiger partial charge in [-0.15, -0.1) is 11.3 Å². The molecule has 2 aromatic heterocycles. The van der Waals surface area contributed by atoms with Crippen LogP contribution in [0.4, 0.5) is 5.95 Å². The Morgan fingerprint density at radius 1 is 1.35 bits per heavy atom. The van der Waals surface area contributed by atoms with Gasteiger partial charge in [-0.05, 0) is 31.9 Å². The van der Waals surface area contributed by atoms with Crippen LogP contribution >= 0.6 is 11.3 Å². The minimum absolute atomic E-state index is 0.0648. The first-order valence-electron chi connectivity index (χ1n) is 7.63. The van der Waals surface area contributed by atoms with Crippen LogP contribution in [0.15, 0.2) is 29.9 Å². The van der Waals surface area contributed by atoms with E-state index in [9.17, 15) is 4.79 Å². The zero-order chi connectivity index (χ0) is 16.1. The fourth-order valence-electron chi connectivity index (χ4n) is 2.55. The molecule has 0 atom stereocenters. The lowest BCUT2D eigenvalue weighted by Crippen LogP contribution is -2.44. The van der Waals surface area contributed by atoms with Gasteiger partial charge in [-0.3, -0.25) is 4.79 Å². The van der Waals surface area contributed by atoms with Crippen LogP contribution in [0.25, 0.3) is 6.08 Å². The molecule has 1 aliphatic rings. The number of aromatic nitrogens is 3. The number of hydrogen-bond acceptors (Lipinski definition) is 6. The van der Waals surface area contributed by atoms with Crippen LogP contribution < -0.4 is 10.2 Å². The molecule has 23 heavy (non-hydrogen) atoms. The molecule has 2 aromatic rings. The Bertz CT molecular complexity index is 677. The van der Waals surface area contributed by atoms with E-state index in [-0.39, 0.29) is 11.9 Å². The summed E-state index contributed by atoms with van der Waals surface area (Å²) in [5.41, 5.74) is 0.832. The lowest BCUT2D eigenvalue weighted by atomic mass is 10.1. The van der Waals surface area contributed by atoms with Gasteiger partial charge in [-0.1, -0.05) is 0 Å². The van der Waals surface area contributed by atoms with Gasteiger partial charge >= 0.3 is 0 Å². The van der Waals surface area contributed by atoms with Gasteiger partial charge in [0.15, 0.2) is 0 Å². The molecule has 7 heteroatoms. The third-order valence-electron chi connectivity index (χ3n) is 3.72. The van der Waals surface area contributed by atoms with Crippen LogP contribution in [0.1, 0.15) is 23.5 Å². The van der Waals surface area contributed by atoms with Crippen molar-refractivity contribution in [2.24, 2.45) is 0 Å². The summed E-state index contributed by atoms with van der Waals surface area (Å²) in [6.45, 7) is 3.65. The summed E-state index contributed by atoms with van der Waals surface area (Å²) >= 11 is 1.58. The third kappa shape index (κ3) is 4.35. The number of thiazole rings is 1. The molecule has 0 bridgehead atoms. The maximum Gasteiger partial charge on any atom is 0.244 e. The van der Waals surface area contributed by atoms with Crippen LogP contribution in [-0.2, 0) is 4.79 Å². The van der Waals surface area contributed by atoms with Gasteiger partial charge in [0.2, 0.25) is 11.9 Å². The zero-order valence-electron chi connectivity index (χ0n) is 13.0. The first-order chi connectivity index (χ1) is 11.2. The van der Waals surface area contributed by atoms with Crippen LogP contribution in [0.2, 0.25) is 0 Å². The molecule has 120 valence electrons. The molecular formula is C16H19N5OS. The predicted molar refractivity (Wildman–Crippen MR) is 91.3 cm³/mol. The Hall–Kier alpha value is -2.28. The van der Waals surface area contributed by atoms with E-state index in [1.807, 2.05) is 18.4 Å². The van der Waals surface area contributed by atoms with Crippen molar-refractivity contribution in [1.29, 1.82) is 0 Å². The number of amides is 1. The smallest absolute Gasteiger partial charge is 0.244 e. The summed E-state index contributed by atoms with van der Waals surface area (Å²) in [5.74, 6) is 0.695. The van der Waals surface area contributed by atoms with E-state index in [4.69, 9.17) is 0 Å². The van der Waals surface area contributed by atoms with Gasteiger partial charge in [-0.2, -0.15) is 0 Å². The van der Waals surface area contributed by atoms with Gasteiger partial charge < -0.3 is 10.2 Å². The van der Waals surface area contributed by atoms with Crippen LogP contribution in [0.3, 0.4) is 0 Å². The summed E-state index contributed by atoms with van der Waals surface area (Å²) < 4.78 is 0. The Balaban J connectivity index is 1.47. The molecule has 0 saturated carbocycles.